The van der Waals surface area contributed by atoms with Crippen molar-refractivity contribution < 1.29 is 23.1 Å². The Morgan fingerprint density at radius 3 is 2.31 bits per heavy atom. The van der Waals surface area contributed by atoms with Crippen molar-refractivity contribution in [3.8, 4) is 0 Å². The molecule has 2 aromatic rings. The van der Waals surface area contributed by atoms with Crippen LogP contribution in [0.1, 0.15) is 26.3 Å². The zero-order valence-electron chi connectivity index (χ0n) is 21.3. The van der Waals surface area contributed by atoms with Crippen LogP contribution >= 0.6 is 22.6 Å². The van der Waals surface area contributed by atoms with Crippen LogP contribution in [-0.4, -0.2) is 80.4 Å². The van der Waals surface area contributed by atoms with E-state index in [1.807, 2.05) is 64.0 Å². The molecule has 2 atom stereocenters. The van der Waals surface area contributed by atoms with Crippen molar-refractivity contribution in [1.29, 1.82) is 0 Å². The summed E-state index contributed by atoms with van der Waals surface area (Å²) in [6.45, 7) is 5.96. The first-order valence-electron chi connectivity index (χ1n) is 11.7. The number of hydrogen-bond acceptors (Lipinski definition) is 7. The standard InChI is InChI=1S/C25H35IN4O5S/c1-25(2,3)35-24(32)29-14-15-30(36(33,34)21-12-8-19(26)9-13-21)22(17-29)23(31)27-16-18-6-10-20(11-7-18)28(4)5/h6-13,22,24,32H,14-17H2,1-5H3,(H,27,31). The molecule has 3 rings (SSSR count). The molecule has 0 saturated carbocycles. The first-order chi connectivity index (χ1) is 16.8. The third-order valence-corrected chi connectivity index (χ3v) is 8.42. The molecule has 1 saturated heterocycles. The number of sulfonamides is 1. The quantitative estimate of drug-likeness (QED) is 0.342. The second-order valence-electron chi connectivity index (χ2n) is 9.92. The highest BCUT2D eigenvalue weighted by molar-refractivity contribution is 14.1. The number of aliphatic hydroxyl groups excluding tert-OH is 1. The SMILES string of the molecule is CN(C)c1ccc(CNC(=O)C2CN(C(O)OC(C)(C)C)CCN2S(=O)(=O)c2ccc(I)cc2)cc1. The highest BCUT2D eigenvalue weighted by Gasteiger charge is 2.42. The molecule has 1 aliphatic rings. The number of nitrogens with one attached hydrogen (secondary N) is 1. The zero-order chi connectivity index (χ0) is 26.7. The minimum atomic E-state index is -3.94. The van der Waals surface area contributed by atoms with Crippen molar-refractivity contribution in [3.63, 3.8) is 0 Å². The highest BCUT2D eigenvalue weighted by atomic mass is 127. The molecule has 198 valence electrons. The fourth-order valence-electron chi connectivity index (χ4n) is 3.84. The van der Waals surface area contributed by atoms with Crippen molar-refractivity contribution in [1.82, 2.24) is 14.5 Å². The minimum absolute atomic E-state index is 0.00769. The Bertz CT molecular complexity index is 1130. The summed E-state index contributed by atoms with van der Waals surface area (Å²) in [6, 6.07) is 13.2. The van der Waals surface area contributed by atoms with Crippen molar-refractivity contribution in [2.45, 2.75) is 50.3 Å². The number of ether oxygens (including phenoxy) is 1. The molecule has 2 aromatic carbocycles. The first-order valence-corrected chi connectivity index (χ1v) is 14.2. The van der Waals surface area contributed by atoms with E-state index in [0.717, 1.165) is 14.8 Å². The number of aliphatic hydroxyl groups is 1. The topological polar surface area (TPSA) is 102 Å². The number of benzene rings is 2. The number of amides is 1. The molecule has 1 fully saturated rings. The molecule has 0 aromatic heterocycles. The maximum absolute atomic E-state index is 13.5. The summed E-state index contributed by atoms with van der Waals surface area (Å²) in [6.07, 6.45) is -1.26. The number of carbonyl (C=O) groups is 1. The Morgan fingerprint density at radius 1 is 1.14 bits per heavy atom. The monoisotopic (exact) mass is 630 g/mol. The van der Waals surface area contributed by atoms with Gasteiger partial charge in [0.15, 0.2) is 0 Å². The molecule has 9 nitrogen and oxygen atoms in total. The summed E-state index contributed by atoms with van der Waals surface area (Å²) in [5, 5.41) is 13.5. The molecule has 0 spiro atoms. The van der Waals surface area contributed by atoms with Crippen LogP contribution in [0.25, 0.3) is 0 Å². The van der Waals surface area contributed by atoms with Gasteiger partial charge in [-0.3, -0.25) is 9.69 Å². The molecule has 1 amide bonds. The molecule has 36 heavy (non-hydrogen) atoms. The largest absolute Gasteiger partial charge is 0.378 e. The third-order valence-electron chi connectivity index (χ3n) is 5.78. The van der Waals surface area contributed by atoms with Gasteiger partial charge in [0.25, 0.3) is 0 Å². The number of hydrogen-bond donors (Lipinski definition) is 2. The third kappa shape index (κ3) is 7.39. The van der Waals surface area contributed by atoms with Gasteiger partial charge in [-0.15, -0.1) is 0 Å². The van der Waals surface area contributed by atoms with Crippen LogP contribution < -0.4 is 10.2 Å². The average molecular weight is 631 g/mol. The fraction of sp³-hybridized carbons (Fsp3) is 0.480. The van der Waals surface area contributed by atoms with E-state index in [1.165, 1.54) is 4.31 Å². The zero-order valence-corrected chi connectivity index (χ0v) is 24.3. The van der Waals surface area contributed by atoms with Crippen LogP contribution in [0.2, 0.25) is 0 Å². The summed E-state index contributed by atoms with van der Waals surface area (Å²) < 4.78 is 34.8. The Hall–Kier alpha value is -1.77. The molecule has 0 bridgehead atoms. The van der Waals surface area contributed by atoms with Gasteiger partial charge in [-0.2, -0.15) is 4.31 Å². The minimum Gasteiger partial charge on any atom is -0.378 e. The van der Waals surface area contributed by atoms with Crippen LogP contribution in [0, 0.1) is 3.57 Å². The van der Waals surface area contributed by atoms with E-state index in [2.05, 4.69) is 27.9 Å². The molecule has 0 aliphatic carbocycles. The van der Waals surface area contributed by atoms with Gasteiger partial charge in [0.2, 0.25) is 22.3 Å². The van der Waals surface area contributed by atoms with Gasteiger partial charge in [-0.05, 0) is 85.3 Å². The second-order valence-corrected chi connectivity index (χ2v) is 13.1. The molecular weight excluding hydrogens is 595 g/mol. The van der Waals surface area contributed by atoms with Crippen LogP contribution in [0.5, 0.6) is 0 Å². The van der Waals surface area contributed by atoms with Crippen molar-refractivity contribution in [3.05, 3.63) is 57.7 Å². The Balaban J connectivity index is 1.82. The predicted molar refractivity (Wildman–Crippen MR) is 148 cm³/mol. The molecule has 2 unspecified atom stereocenters. The van der Waals surface area contributed by atoms with E-state index in [4.69, 9.17) is 4.74 Å². The van der Waals surface area contributed by atoms with E-state index >= 15 is 0 Å². The molecule has 1 aliphatic heterocycles. The van der Waals surface area contributed by atoms with E-state index in [9.17, 15) is 18.3 Å². The van der Waals surface area contributed by atoms with Crippen LogP contribution in [0.15, 0.2) is 53.4 Å². The van der Waals surface area contributed by atoms with Crippen molar-refractivity contribution in [2.24, 2.45) is 0 Å². The average Bonchev–Trinajstić information content (AvgIpc) is 2.81. The maximum atomic E-state index is 13.5. The molecule has 1 heterocycles. The predicted octanol–water partition coefficient (Wildman–Crippen LogP) is 2.44. The number of piperazine rings is 1. The number of halogens is 1. The fourth-order valence-corrected chi connectivity index (χ4v) is 5.77. The van der Waals surface area contributed by atoms with Crippen LogP contribution in [-0.2, 0) is 26.1 Å². The van der Waals surface area contributed by atoms with Gasteiger partial charge in [0.1, 0.15) is 6.04 Å². The van der Waals surface area contributed by atoms with Gasteiger partial charge in [0.05, 0.1) is 10.5 Å². The number of anilines is 1. The number of nitrogens with zero attached hydrogens (tertiary/aromatic N) is 3. The van der Waals surface area contributed by atoms with Gasteiger partial charge < -0.3 is 20.1 Å². The summed E-state index contributed by atoms with van der Waals surface area (Å²) >= 11 is 2.11. The summed E-state index contributed by atoms with van der Waals surface area (Å²) in [7, 11) is -0.0399. The second kappa shape index (κ2) is 11.7. The first kappa shape index (κ1) is 28.8. The van der Waals surface area contributed by atoms with Crippen molar-refractivity contribution >= 4 is 44.2 Å². The summed E-state index contributed by atoms with van der Waals surface area (Å²) in [4.78, 5) is 17.1. The Labute approximate surface area is 227 Å². The van der Waals surface area contributed by atoms with Crippen molar-refractivity contribution in [2.75, 3.05) is 38.6 Å². The molecule has 2 N–H and O–H groups in total. The number of rotatable bonds is 8. The van der Waals surface area contributed by atoms with Gasteiger partial charge in [0, 0.05) is 49.5 Å². The summed E-state index contributed by atoms with van der Waals surface area (Å²) in [5.74, 6) is -0.437. The van der Waals surface area contributed by atoms with E-state index in [1.54, 1.807) is 29.2 Å². The van der Waals surface area contributed by atoms with Gasteiger partial charge in [-0.25, -0.2) is 8.42 Å². The lowest BCUT2D eigenvalue weighted by Crippen LogP contribution is -2.62. The Morgan fingerprint density at radius 2 is 1.75 bits per heavy atom. The van der Waals surface area contributed by atoms with E-state index in [-0.39, 0.29) is 31.1 Å². The lowest BCUT2D eigenvalue weighted by molar-refractivity contribution is -0.244. The van der Waals surface area contributed by atoms with Crippen LogP contribution in [0.3, 0.4) is 0 Å². The normalized spacial score (nSPS) is 18.6. The van der Waals surface area contributed by atoms with Gasteiger partial charge in [-0.1, -0.05) is 12.1 Å². The van der Waals surface area contributed by atoms with Crippen LogP contribution in [0.4, 0.5) is 5.69 Å². The maximum Gasteiger partial charge on any atom is 0.243 e. The summed E-state index contributed by atoms with van der Waals surface area (Å²) in [5.41, 5.74) is 1.32. The van der Waals surface area contributed by atoms with E-state index in [0.29, 0.717) is 0 Å². The lowest BCUT2D eigenvalue weighted by atomic mass is 10.1. The lowest BCUT2D eigenvalue weighted by Gasteiger charge is -2.42. The highest BCUT2D eigenvalue weighted by Crippen LogP contribution is 2.24. The van der Waals surface area contributed by atoms with Gasteiger partial charge >= 0.3 is 0 Å². The number of carbonyl (C=O) groups excluding carboxylic acids is 1. The molecular formula is C25H35IN4O5S. The molecule has 0 radical (unpaired) electrons. The Kier molecular flexibility index (Phi) is 9.39. The molecule has 11 heteroatoms. The van der Waals surface area contributed by atoms with E-state index < -0.39 is 34.0 Å². The smallest absolute Gasteiger partial charge is 0.243 e.